The van der Waals surface area contributed by atoms with Crippen molar-refractivity contribution < 1.29 is 4.79 Å². The van der Waals surface area contributed by atoms with E-state index in [9.17, 15) is 9.59 Å². The number of pyridine rings is 1. The zero-order chi connectivity index (χ0) is 18.1. The fourth-order valence-electron chi connectivity index (χ4n) is 3.36. The topological polar surface area (TPSA) is 94.2 Å². The van der Waals surface area contributed by atoms with E-state index in [0.29, 0.717) is 5.82 Å². The first kappa shape index (κ1) is 16.4. The molecule has 0 saturated heterocycles. The molecular formula is C18H20N6O2. The summed E-state index contributed by atoms with van der Waals surface area (Å²) in [5.41, 5.74) is 2.43. The van der Waals surface area contributed by atoms with E-state index in [1.54, 1.807) is 6.07 Å². The molecule has 0 saturated carbocycles. The van der Waals surface area contributed by atoms with E-state index in [1.165, 1.54) is 4.68 Å². The second kappa shape index (κ2) is 6.70. The number of nitrogens with one attached hydrogen (secondary N) is 1. The lowest BCUT2D eigenvalue weighted by molar-refractivity contribution is -0.122. The maximum atomic E-state index is 12.4. The van der Waals surface area contributed by atoms with Crippen LogP contribution in [0.1, 0.15) is 42.9 Å². The SMILES string of the molecule is CC(NC(=O)Cn1nc2c(cc1=O)CCCC2)c1nnc2ccccn12. The van der Waals surface area contributed by atoms with Crippen LogP contribution in [-0.4, -0.2) is 30.3 Å². The molecule has 0 spiro atoms. The number of hydrogen-bond donors (Lipinski definition) is 1. The predicted octanol–water partition coefficient (Wildman–Crippen LogP) is 1.04. The Labute approximate surface area is 149 Å². The molecule has 1 aliphatic rings. The fraction of sp³-hybridized carbons (Fsp3) is 0.389. The van der Waals surface area contributed by atoms with E-state index >= 15 is 0 Å². The van der Waals surface area contributed by atoms with Crippen LogP contribution in [0.4, 0.5) is 0 Å². The van der Waals surface area contributed by atoms with Crippen molar-refractivity contribution >= 4 is 11.6 Å². The van der Waals surface area contributed by atoms with Crippen LogP contribution in [-0.2, 0) is 24.2 Å². The van der Waals surface area contributed by atoms with E-state index in [1.807, 2.05) is 35.7 Å². The molecule has 8 nitrogen and oxygen atoms in total. The Kier molecular flexibility index (Phi) is 4.24. The van der Waals surface area contributed by atoms with Crippen molar-refractivity contribution in [2.24, 2.45) is 0 Å². The highest BCUT2D eigenvalue weighted by Crippen LogP contribution is 2.17. The molecule has 0 bridgehead atoms. The second-order valence-electron chi connectivity index (χ2n) is 6.60. The Morgan fingerprint density at radius 3 is 3.00 bits per heavy atom. The molecule has 3 aromatic heterocycles. The fourth-order valence-corrected chi connectivity index (χ4v) is 3.36. The first-order chi connectivity index (χ1) is 12.6. The molecule has 1 N–H and O–H groups in total. The molecule has 26 heavy (non-hydrogen) atoms. The molecule has 0 aliphatic heterocycles. The van der Waals surface area contributed by atoms with Crippen LogP contribution in [0.2, 0.25) is 0 Å². The monoisotopic (exact) mass is 352 g/mol. The van der Waals surface area contributed by atoms with Gasteiger partial charge in [-0.3, -0.25) is 14.0 Å². The number of amides is 1. The number of aryl methyl sites for hydroxylation is 2. The Morgan fingerprint density at radius 2 is 2.12 bits per heavy atom. The predicted molar refractivity (Wildman–Crippen MR) is 94.7 cm³/mol. The van der Waals surface area contributed by atoms with E-state index in [0.717, 1.165) is 42.6 Å². The third-order valence-electron chi connectivity index (χ3n) is 4.67. The van der Waals surface area contributed by atoms with Crippen LogP contribution >= 0.6 is 0 Å². The lowest BCUT2D eigenvalue weighted by Crippen LogP contribution is -2.36. The van der Waals surface area contributed by atoms with Crippen molar-refractivity contribution in [1.82, 2.24) is 29.7 Å². The molecule has 1 amide bonds. The van der Waals surface area contributed by atoms with Gasteiger partial charge in [0.1, 0.15) is 6.54 Å². The summed E-state index contributed by atoms with van der Waals surface area (Å²) < 4.78 is 3.07. The van der Waals surface area contributed by atoms with E-state index < -0.39 is 0 Å². The molecule has 3 heterocycles. The Morgan fingerprint density at radius 1 is 1.27 bits per heavy atom. The molecule has 1 atom stereocenters. The standard InChI is InChI=1S/C18H20N6O2/c1-12(18-21-20-15-8-4-5-9-23(15)18)19-16(25)11-24-17(26)10-13-6-2-3-7-14(13)22-24/h4-5,8-10,12H,2-3,6-7,11H2,1H3,(H,19,25). The van der Waals surface area contributed by atoms with Crippen LogP contribution < -0.4 is 10.9 Å². The van der Waals surface area contributed by atoms with Gasteiger partial charge in [-0.2, -0.15) is 5.10 Å². The van der Waals surface area contributed by atoms with Crippen LogP contribution in [0.3, 0.4) is 0 Å². The summed E-state index contributed by atoms with van der Waals surface area (Å²) in [5, 5.41) is 15.5. The minimum Gasteiger partial charge on any atom is -0.345 e. The van der Waals surface area contributed by atoms with Gasteiger partial charge in [0.2, 0.25) is 5.91 Å². The van der Waals surface area contributed by atoms with Gasteiger partial charge in [-0.05, 0) is 50.3 Å². The van der Waals surface area contributed by atoms with Gasteiger partial charge < -0.3 is 5.32 Å². The maximum Gasteiger partial charge on any atom is 0.267 e. The number of nitrogens with zero attached hydrogens (tertiary/aromatic N) is 5. The minimum absolute atomic E-state index is 0.104. The zero-order valence-electron chi connectivity index (χ0n) is 14.6. The Balaban J connectivity index is 1.49. The van der Waals surface area contributed by atoms with Crippen molar-refractivity contribution in [3.8, 4) is 0 Å². The summed E-state index contributed by atoms with van der Waals surface area (Å²) >= 11 is 0. The molecule has 0 fully saturated rings. The van der Waals surface area contributed by atoms with Gasteiger partial charge in [-0.25, -0.2) is 4.68 Å². The van der Waals surface area contributed by atoms with Crippen molar-refractivity contribution in [1.29, 1.82) is 0 Å². The first-order valence-electron chi connectivity index (χ1n) is 8.81. The normalized spacial score (nSPS) is 14.8. The lowest BCUT2D eigenvalue weighted by Gasteiger charge is -2.16. The molecule has 0 radical (unpaired) electrons. The number of aromatic nitrogens is 5. The zero-order valence-corrected chi connectivity index (χ0v) is 14.6. The summed E-state index contributed by atoms with van der Waals surface area (Å²) in [7, 11) is 0. The van der Waals surface area contributed by atoms with Gasteiger partial charge in [0, 0.05) is 12.3 Å². The molecule has 0 aromatic carbocycles. The van der Waals surface area contributed by atoms with E-state index in [-0.39, 0.29) is 24.1 Å². The van der Waals surface area contributed by atoms with Crippen molar-refractivity contribution in [2.75, 3.05) is 0 Å². The smallest absolute Gasteiger partial charge is 0.267 e. The molecule has 3 aromatic rings. The van der Waals surface area contributed by atoms with Gasteiger partial charge in [-0.1, -0.05) is 6.07 Å². The minimum atomic E-state index is -0.340. The highest BCUT2D eigenvalue weighted by Gasteiger charge is 2.18. The largest absolute Gasteiger partial charge is 0.345 e. The van der Waals surface area contributed by atoms with Gasteiger partial charge in [0.15, 0.2) is 11.5 Å². The summed E-state index contributed by atoms with van der Waals surface area (Å²) in [6.45, 7) is 1.73. The third kappa shape index (κ3) is 3.10. The quantitative estimate of drug-likeness (QED) is 0.757. The van der Waals surface area contributed by atoms with Crippen molar-refractivity contribution in [3.63, 3.8) is 0 Å². The maximum absolute atomic E-state index is 12.4. The highest BCUT2D eigenvalue weighted by molar-refractivity contribution is 5.76. The van der Waals surface area contributed by atoms with Crippen LogP contribution in [0.5, 0.6) is 0 Å². The Bertz CT molecular complexity index is 1020. The van der Waals surface area contributed by atoms with Crippen LogP contribution in [0, 0.1) is 0 Å². The second-order valence-corrected chi connectivity index (χ2v) is 6.60. The van der Waals surface area contributed by atoms with Crippen LogP contribution in [0.15, 0.2) is 35.3 Å². The van der Waals surface area contributed by atoms with Gasteiger partial charge >= 0.3 is 0 Å². The lowest BCUT2D eigenvalue weighted by atomic mass is 9.97. The molecule has 8 heteroatoms. The first-order valence-corrected chi connectivity index (χ1v) is 8.81. The average molecular weight is 352 g/mol. The van der Waals surface area contributed by atoms with Gasteiger partial charge in [-0.15, -0.1) is 10.2 Å². The molecule has 1 unspecified atom stereocenters. The average Bonchev–Trinajstić information content (AvgIpc) is 3.06. The van der Waals surface area contributed by atoms with E-state index in [4.69, 9.17) is 0 Å². The molecule has 4 rings (SSSR count). The number of fused-ring (bicyclic) bond motifs is 2. The third-order valence-corrected chi connectivity index (χ3v) is 4.67. The number of rotatable bonds is 4. The summed E-state index contributed by atoms with van der Waals surface area (Å²) in [6.07, 6.45) is 5.76. The number of hydrogen-bond acceptors (Lipinski definition) is 5. The Hall–Kier alpha value is -3.03. The highest BCUT2D eigenvalue weighted by atomic mass is 16.2. The summed E-state index contributed by atoms with van der Waals surface area (Å²) in [4.78, 5) is 24.6. The summed E-state index contributed by atoms with van der Waals surface area (Å²) in [6, 6.07) is 6.88. The summed E-state index contributed by atoms with van der Waals surface area (Å²) in [5.74, 6) is 0.357. The van der Waals surface area contributed by atoms with Crippen LogP contribution in [0.25, 0.3) is 5.65 Å². The molecular weight excluding hydrogens is 332 g/mol. The van der Waals surface area contributed by atoms with E-state index in [2.05, 4.69) is 20.6 Å². The molecule has 134 valence electrons. The van der Waals surface area contributed by atoms with Gasteiger partial charge in [0.25, 0.3) is 5.56 Å². The number of carbonyl (C=O) groups is 1. The molecule has 1 aliphatic carbocycles. The van der Waals surface area contributed by atoms with Crippen molar-refractivity contribution in [3.05, 3.63) is 57.9 Å². The number of carbonyl (C=O) groups excluding carboxylic acids is 1. The van der Waals surface area contributed by atoms with Gasteiger partial charge in [0.05, 0.1) is 11.7 Å². The van der Waals surface area contributed by atoms with Crippen molar-refractivity contribution in [2.45, 2.75) is 45.2 Å².